The first kappa shape index (κ1) is 12.0. The Labute approximate surface area is 108 Å². The molecule has 86 valence electrons. The molecular formula is C13H9ClO2S. The van der Waals surface area contributed by atoms with Gasteiger partial charge in [-0.25, -0.2) is 4.79 Å². The smallest absolute Gasteiger partial charge is 0.343 e. The quantitative estimate of drug-likeness (QED) is 0.615. The molecule has 0 bridgehead atoms. The van der Waals surface area contributed by atoms with E-state index in [2.05, 4.69) is 0 Å². The minimum Gasteiger partial charge on any atom is -0.423 e. The van der Waals surface area contributed by atoms with Gasteiger partial charge in [0.15, 0.2) is 0 Å². The van der Waals surface area contributed by atoms with E-state index in [-0.39, 0.29) is 5.97 Å². The van der Waals surface area contributed by atoms with E-state index in [0.29, 0.717) is 11.3 Å². The summed E-state index contributed by atoms with van der Waals surface area (Å²) in [6, 6.07) is 15.9. The van der Waals surface area contributed by atoms with E-state index in [1.165, 1.54) is 0 Å². The normalized spacial score (nSPS) is 9.94. The van der Waals surface area contributed by atoms with Crippen molar-refractivity contribution in [1.82, 2.24) is 0 Å². The molecule has 0 radical (unpaired) electrons. The van der Waals surface area contributed by atoms with Crippen molar-refractivity contribution in [2.24, 2.45) is 0 Å². The lowest BCUT2D eigenvalue weighted by Crippen LogP contribution is -2.07. The molecule has 2 aromatic carbocycles. The van der Waals surface area contributed by atoms with Crippen molar-refractivity contribution in [3.8, 4) is 5.75 Å². The number of hydrogen-bond acceptors (Lipinski definition) is 3. The Morgan fingerprint density at radius 1 is 1.00 bits per heavy atom. The number of carbonyl (C=O) groups excluding carboxylic acids is 1. The van der Waals surface area contributed by atoms with Crippen LogP contribution in [0.15, 0.2) is 59.5 Å². The molecule has 2 aromatic rings. The summed E-state index contributed by atoms with van der Waals surface area (Å²) in [6.07, 6.45) is 0. The number of carbonyl (C=O) groups is 1. The second kappa shape index (κ2) is 5.75. The lowest BCUT2D eigenvalue weighted by atomic mass is 10.2. The van der Waals surface area contributed by atoms with Crippen LogP contribution in [0.3, 0.4) is 0 Å². The Kier molecular flexibility index (Phi) is 4.07. The third-order valence-corrected chi connectivity index (χ3v) is 3.12. The van der Waals surface area contributed by atoms with Crippen LogP contribution >= 0.6 is 21.7 Å². The summed E-state index contributed by atoms with van der Waals surface area (Å²) in [6.45, 7) is 0. The maximum atomic E-state index is 11.8. The maximum Gasteiger partial charge on any atom is 0.343 e. The summed E-state index contributed by atoms with van der Waals surface area (Å²) in [4.78, 5) is 12.6. The predicted molar refractivity (Wildman–Crippen MR) is 69.6 cm³/mol. The van der Waals surface area contributed by atoms with Gasteiger partial charge in [-0.15, -0.1) is 0 Å². The zero-order valence-corrected chi connectivity index (χ0v) is 10.4. The van der Waals surface area contributed by atoms with Gasteiger partial charge < -0.3 is 4.74 Å². The number of benzene rings is 2. The van der Waals surface area contributed by atoms with Gasteiger partial charge in [-0.2, -0.15) is 0 Å². The van der Waals surface area contributed by atoms with Gasteiger partial charge in [-0.05, 0) is 58.1 Å². The van der Waals surface area contributed by atoms with Crippen LogP contribution in [0.2, 0.25) is 0 Å². The van der Waals surface area contributed by atoms with Crippen molar-refractivity contribution in [3.63, 3.8) is 0 Å². The third-order valence-electron chi connectivity index (χ3n) is 2.13. The lowest BCUT2D eigenvalue weighted by Gasteiger charge is -2.04. The molecule has 0 spiro atoms. The summed E-state index contributed by atoms with van der Waals surface area (Å²) >= 11 is 0. The van der Waals surface area contributed by atoms with Gasteiger partial charge in [-0.3, -0.25) is 0 Å². The highest BCUT2D eigenvalue weighted by Crippen LogP contribution is 2.22. The van der Waals surface area contributed by atoms with Crippen molar-refractivity contribution in [1.29, 1.82) is 0 Å². The van der Waals surface area contributed by atoms with Crippen LogP contribution in [0, 0.1) is 0 Å². The van der Waals surface area contributed by atoms with Crippen LogP contribution < -0.4 is 4.74 Å². The fraction of sp³-hybridized carbons (Fsp3) is 0. The number of rotatable bonds is 3. The van der Waals surface area contributed by atoms with Crippen molar-refractivity contribution < 1.29 is 9.53 Å². The first-order chi connectivity index (χ1) is 8.29. The molecule has 17 heavy (non-hydrogen) atoms. The highest BCUT2D eigenvalue weighted by atomic mass is 35.7. The van der Waals surface area contributed by atoms with Gasteiger partial charge in [-0.1, -0.05) is 18.2 Å². The van der Waals surface area contributed by atoms with E-state index in [1.54, 1.807) is 36.4 Å². The molecule has 2 rings (SSSR count). The minimum atomic E-state index is -0.373. The Balaban J connectivity index is 2.09. The molecule has 0 amide bonds. The molecule has 0 aliphatic rings. The van der Waals surface area contributed by atoms with E-state index in [9.17, 15) is 4.79 Å². The van der Waals surface area contributed by atoms with Gasteiger partial charge in [0.05, 0.1) is 5.56 Å². The summed E-state index contributed by atoms with van der Waals surface area (Å²) < 4.78 is 5.20. The van der Waals surface area contributed by atoms with Crippen LogP contribution in [0.5, 0.6) is 5.75 Å². The molecule has 0 aromatic heterocycles. The summed E-state index contributed by atoms with van der Waals surface area (Å²) in [7, 11) is 6.70. The zero-order chi connectivity index (χ0) is 12.1. The summed E-state index contributed by atoms with van der Waals surface area (Å²) in [5.74, 6) is 0.163. The van der Waals surface area contributed by atoms with Crippen LogP contribution in [0.4, 0.5) is 0 Å². The van der Waals surface area contributed by atoms with Gasteiger partial charge in [0.2, 0.25) is 0 Å². The highest BCUT2D eigenvalue weighted by molar-refractivity contribution is 8.21. The van der Waals surface area contributed by atoms with Crippen molar-refractivity contribution in [2.75, 3.05) is 0 Å². The monoisotopic (exact) mass is 264 g/mol. The van der Waals surface area contributed by atoms with E-state index < -0.39 is 0 Å². The predicted octanol–water partition coefficient (Wildman–Crippen LogP) is 4.15. The van der Waals surface area contributed by atoms with Gasteiger partial charge in [0.1, 0.15) is 5.75 Å². The Morgan fingerprint density at radius 3 is 2.24 bits per heavy atom. The largest absolute Gasteiger partial charge is 0.423 e. The molecular weight excluding hydrogens is 256 g/mol. The molecule has 0 N–H and O–H groups in total. The Bertz CT molecular complexity index is 497. The van der Waals surface area contributed by atoms with Gasteiger partial charge in [0.25, 0.3) is 0 Å². The molecule has 0 aliphatic heterocycles. The van der Waals surface area contributed by atoms with Crippen molar-refractivity contribution >= 4 is 27.6 Å². The number of esters is 1. The number of ether oxygens (including phenoxy) is 1. The summed E-state index contributed by atoms with van der Waals surface area (Å²) in [5.41, 5.74) is 0.503. The maximum absolute atomic E-state index is 11.8. The molecule has 0 fully saturated rings. The summed E-state index contributed by atoms with van der Waals surface area (Å²) in [5, 5.41) is 0. The molecule has 2 nitrogen and oxygen atoms in total. The first-order valence-electron chi connectivity index (χ1n) is 4.95. The van der Waals surface area contributed by atoms with Crippen LogP contribution in [0.1, 0.15) is 10.4 Å². The molecule has 0 unspecified atom stereocenters. The Morgan fingerprint density at radius 2 is 1.65 bits per heavy atom. The average molecular weight is 265 g/mol. The van der Waals surface area contributed by atoms with Crippen molar-refractivity contribution in [2.45, 2.75) is 4.90 Å². The standard InChI is InChI=1S/C13H9ClO2S/c14-17-12-8-6-10(7-9-12)13(15)16-11-4-2-1-3-5-11/h1-9H. The van der Waals surface area contributed by atoms with E-state index >= 15 is 0 Å². The molecule has 4 heteroatoms. The number of hydrogen-bond donors (Lipinski definition) is 0. The van der Waals surface area contributed by atoms with Crippen LogP contribution in [-0.4, -0.2) is 5.97 Å². The molecule has 0 atom stereocenters. The fourth-order valence-electron chi connectivity index (χ4n) is 1.30. The molecule has 0 aliphatic carbocycles. The van der Waals surface area contributed by atoms with Gasteiger partial charge in [0, 0.05) is 4.90 Å². The number of halogens is 1. The second-order valence-corrected chi connectivity index (χ2v) is 4.39. The fourth-order valence-corrected chi connectivity index (χ4v) is 1.84. The van der Waals surface area contributed by atoms with Crippen LogP contribution in [-0.2, 0) is 0 Å². The molecule has 0 saturated carbocycles. The average Bonchev–Trinajstić information content (AvgIpc) is 2.40. The van der Waals surface area contributed by atoms with Gasteiger partial charge >= 0.3 is 5.97 Å². The second-order valence-electron chi connectivity index (χ2n) is 3.30. The first-order valence-corrected chi connectivity index (χ1v) is 6.60. The van der Waals surface area contributed by atoms with Crippen LogP contribution in [0.25, 0.3) is 0 Å². The van der Waals surface area contributed by atoms with Crippen molar-refractivity contribution in [3.05, 3.63) is 60.2 Å². The van der Waals surface area contributed by atoms with E-state index in [0.717, 1.165) is 15.9 Å². The third kappa shape index (κ3) is 3.25. The Hall–Kier alpha value is -1.45. The van der Waals surface area contributed by atoms with E-state index in [4.69, 9.17) is 15.4 Å². The molecule has 0 saturated heterocycles. The highest BCUT2D eigenvalue weighted by Gasteiger charge is 2.07. The number of para-hydroxylation sites is 1. The van der Waals surface area contributed by atoms with E-state index in [1.807, 2.05) is 18.2 Å². The topological polar surface area (TPSA) is 26.3 Å². The lowest BCUT2D eigenvalue weighted by molar-refractivity contribution is 0.0734. The SMILES string of the molecule is O=C(Oc1ccccc1)c1ccc(SCl)cc1. The molecule has 0 heterocycles. The zero-order valence-electron chi connectivity index (χ0n) is 8.80. The minimum absolute atomic E-state index is 0.373.